The number of carboxylic acid groups (broad SMARTS) is 1. The van der Waals surface area contributed by atoms with Crippen molar-refractivity contribution in [2.24, 2.45) is 5.92 Å². The number of hydrogen-bond acceptors (Lipinski definition) is 4. The van der Waals surface area contributed by atoms with Crippen LogP contribution in [0.1, 0.15) is 12.0 Å². The third-order valence-electron chi connectivity index (χ3n) is 3.75. The average molecular weight is 322 g/mol. The van der Waals surface area contributed by atoms with E-state index in [1.807, 2.05) is 24.3 Å². The number of nitrogens with one attached hydrogen (secondary N) is 1. The second-order valence-corrected chi connectivity index (χ2v) is 5.41. The van der Waals surface area contributed by atoms with E-state index in [2.05, 4.69) is 5.32 Å². The lowest BCUT2D eigenvalue weighted by molar-refractivity contribution is -0.141. The molecule has 1 atom stereocenters. The largest absolute Gasteiger partial charge is 0.491 e. The maximum absolute atomic E-state index is 12.0. The summed E-state index contributed by atoms with van der Waals surface area (Å²) in [6, 6.07) is 7.22. The molecular formula is C16H22N2O5. The van der Waals surface area contributed by atoms with Gasteiger partial charge in [-0.1, -0.05) is 12.1 Å². The minimum absolute atomic E-state index is 0.228. The zero-order chi connectivity index (χ0) is 16.7. The van der Waals surface area contributed by atoms with Gasteiger partial charge in [0.05, 0.1) is 12.5 Å². The van der Waals surface area contributed by atoms with E-state index in [-0.39, 0.29) is 12.6 Å². The number of likely N-dealkylation sites (tertiary alicyclic amines) is 1. The fraction of sp³-hybridized carbons (Fsp3) is 0.500. The number of hydrogen-bond donors (Lipinski definition) is 2. The highest BCUT2D eigenvalue weighted by molar-refractivity contribution is 5.77. The van der Waals surface area contributed by atoms with E-state index in [0.29, 0.717) is 32.7 Å². The van der Waals surface area contributed by atoms with Gasteiger partial charge in [0.2, 0.25) is 0 Å². The molecule has 1 saturated heterocycles. The molecule has 0 spiro atoms. The molecular weight excluding hydrogens is 300 g/mol. The fourth-order valence-electron chi connectivity index (χ4n) is 2.38. The molecule has 1 aliphatic rings. The number of carbonyl (C=O) groups is 2. The number of methoxy groups -OCH3 is 1. The lowest BCUT2D eigenvalue weighted by atomic mass is 10.1. The number of ether oxygens (including phenoxy) is 2. The van der Waals surface area contributed by atoms with Crippen molar-refractivity contribution >= 4 is 12.0 Å². The zero-order valence-electron chi connectivity index (χ0n) is 13.2. The van der Waals surface area contributed by atoms with Crippen LogP contribution in [0.4, 0.5) is 4.79 Å². The molecule has 0 aliphatic carbocycles. The van der Waals surface area contributed by atoms with E-state index in [1.54, 1.807) is 12.0 Å². The number of aliphatic carboxylic acids is 1. The molecule has 2 rings (SSSR count). The highest BCUT2D eigenvalue weighted by Crippen LogP contribution is 2.16. The van der Waals surface area contributed by atoms with E-state index in [1.165, 1.54) is 0 Å². The van der Waals surface area contributed by atoms with Gasteiger partial charge in [0.25, 0.3) is 0 Å². The molecule has 0 saturated carbocycles. The molecule has 1 aromatic carbocycles. The molecule has 2 amide bonds. The van der Waals surface area contributed by atoms with E-state index < -0.39 is 11.9 Å². The summed E-state index contributed by atoms with van der Waals surface area (Å²) in [4.78, 5) is 24.5. The van der Waals surface area contributed by atoms with Crippen molar-refractivity contribution in [2.45, 2.75) is 13.0 Å². The Labute approximate surface area is 135 Å². The van der Waals surface area contributed by atoms with Crippen molar-refractivity contribution in [1.29, 1.82) is 0 Å². The van der Waals surface area contributed by atoms with Crippen LogP contribution in [0, 0.1) is 5.92 Å². The topological polar surface area (TPSA) is 88.1 Å². The van der Waals surface area contributed by atoms with E-state index in [9.17, 15) is 9.59 Å². The molecule has 126 valence electrons. The second-order valence-electron chi connectivity index (χ2n) is 5.41. The maximum atomic E-state index is 12.0. The molecule has 1 unspecified atom stereocenters. The Morgan fingerprint density at radius 3 is 2.65 bits per heavy atom. The van der Waals surface area contributed by atoms with Gasteiger partial charge >= 0.3 is 12.0 Å². The predicted octanol–water partition coefficient (Wildman–Crippen LogP) is 1.33. The summed E-state index contributed by atoms with van der Waals surface area (Å²) in [5.74, 6) is -0.547. The Bertz CT molecular complexity index is 532. The van der Waals surface area contributed by atoms with Gasteiger partial charge in [-0.05, 0) is 24.1 Å². The quantitative estimate of drug-likeness (QED) is 0.739. The molecule has 1 heterocycles. The van der Waals surface area contributed by atoms with Crippen molar-refractivity contribution in [3.8, 4) is 5.75 Å². The minimum Gasteiger partial charge on any atom is -0.491 e. The van der Waals surface area contributed by atoms with Gasteiger partial charge < -0.3 is 24.8 Å². The summed E-state index contributed by atoms with van der Waals surface area (Å²) >= 11 is 0. The summed E-state index contributed by atoms with van der Waals surface area (Å²) in [6.45, 7) is 2.17. The molecule has 1 aromatic rings. The standard InChI is InChI=1S/C16H22N2O5/c1-22-8-9-23-14-4-2-12(3-5-14)10-17-16(21)18-7-6-13(11-18)15(19)20/h2-5,13H,6-11H2,1H3,(H,17,21)(H,19,20). The Morgan fingerprint density at radius 1 is 1.30 bits per heavy atom. The van der Waals surface area contributed by atoms with Crippen LogP contribution in [-0.4, -0.2) is 55.4 Å². The summed E-state index contributed by atoms with van der Waals surface area (Å²) in [7, 11) is 1.62. The van der Waals surface area contributed by atoms with Crippen molar-refractivity contribution in [1.82, 2.24) is 10.2 Å². The number of rotatable bonds is 7. The van der Waals surface area contributed by atoms with Gasteiger partial charge in [-0.2, -0.15) is 0 Å². The minimum atomic E-state index is -0.843. The Kier molecular flexibility index (Phi) is 6.22. The van der Waals surface area contributed by atoms with Gasteiger partial charge in [-0.15, -0.1) is 0 Å². The van der Waals surface area contributed by atoms with Crippen LogP contribution in [0.3, 0.4) is 0 Å². The molecule has 0 radical (unpaired) electrons. The lowest BCUT2D eigenvalue weighted by Crippen LogP contribution is -2.38. The van der Waals surface area contributed by atoms with Crippen LogP contribution >= 0.6 is 0 Å². The highest BCUT2D eigenvalue weighted by Gasteiger charge is 2.30. The lowest BCUT2D eigenvalue weighted by Gasteiger charge is -2.16. The first-order valence-corrected chi connectivity index (χ1v) is 7.56. The number of carboxylic acids is 1. The first-order chi connectivity index (χ1) is 11.1. The molecule has 0 aromatic heterocycles. The Balaban J connectivity index is 1.75. The van der Waals surface area contributed by atoms with E-state index >= 15 is 0 Å². The number of amides is 2. The van der Waals surface area contributed by atoms with Crippen LogP contribution in [0.2, 0.25) is 0 Å². The third kappa shape index (κ3) is 5.14. The smallest absolute Gasteiger partial charge is 0.317 e. The SMILES string of the molecule is COCCOc1ccc(CNC(=O)N2CCC(C(=O)O)C2)cc1. The average Bonchev–Trinajstić information content (AvgIpc) is 3.04. The van der Waals surface area contributed by atoms with Crippen LogP contribution in [0.25, 0.3) is 0 Å². The van der Waals surface area contributed by atoms with Gasteiger partial charge in [0.15, 0.2) is 0 Å². The molecule has 7 nitrogen and oxygen atoms in total. The van der Waals surface area contributed by atoms with Crippen LogP contribution in [0.15, 0.2) is 24.3 Å². The van der Waals surface area contributed by atoms with Gasteiger partial charge in [-0.25, -0.2) is 4.79 Å². The fourth-order valence-corrected chi connectivity index (χ4v) is 2.38. The van der Waals surface area contributed by atoms with Gasteiger partial charge in [0, 0.05) is 26.7 Å². The number of carbonyl (C=O) groups excluding carboxylic acids is 1. The maximum Gasteiger partial charge on any atom is 0.317 e. The zero-order valence-corrected chi connectivity index (χ0v) is 13.2. The normalized spacial score (nSPS) is 17.1. The van der Waals surface area contributed by atoms with Crippen molar-refractivity contribution in [3.63, 3.8) is 0 Å². The van der Waals surface area contributed by atoms with Crippen LogP contribution in [-0.2, 0) is 16.1 Å². The monoisotopic (exact) mass is 322 g/mol. The van der Waals surface area contributed by atoms with Crippen molar-refractivity contribution in [2.75, 3.05) is 33.4 Å². The van der Waals surface area contributed by atoms with Crippen molar-refractivity contribution in [3.05, 3.63) is 29.8 Å². The van der Waals surface area contributed by atoms with Crippen LogP contribution in [0.5, 0.6) is 5.75 Å². The molecule has 0 bridgehead atoms. The summed E-state index contributed by atoms with van der Waals surface area (Å²) in [5, 5.41) is 11.8. The van der Waals surface area contributed by atoms with Crippen molar-refractivity contribution < 1.29 is 24.2 Å². The Hall–Kier alpha value is -2.28. The summed E-state index contributed by atoms with van der Waals surface area (Å²) in [5.41, 5.74) is 0.950. The van der Waals surface area contributed by atoms with Crippen LogP contribution < -0.4 is 10.1 Å². The molecule has 1 fully saturated rings. The molecule has 7 heteroatoms. The molecule has 2 N–H and O–H groups in total. The van der Waals surface area contributed by atoms with E-state index in [0.717, 1.165) is 11.3 Å². The van der Waals surface area contributed by atoms with Gasteiger partial charge in [-0.3, -0.25) is 4.79 Å². The number of urea groups is 1. The number of benzene rings is 1. The summed E-state index contributed by atoms with van der Waals surface area (Å²) in [6.07, 6.45) is 0.510. The second kappa shape index (κ2) is 8.38. The summed E-state index contributed by atoms with van der Waals surface area (Å²) < 4.78 is 10.4. The van der Waals surface area contributed by atoms with E-state index in [4.69, 9.17) is 14.6 Å². The Morgan fingerprint density at radius 2 is 2.04 bits per heavy atom. The number of nitrogens with zero attached hydrogens (tertiary/aromatic N) is 1. The predicted molar refractivity (Wildman–Crippen MR) is 83.4 cm³/mol. The third-order valence-corrected chi connectivity index (χ3v) is 3.75. The first-order valence-electron chi connectivity index (χ1n) is 7.56. The first kappa shape index (κ1) is 17.1. The molecule has 23 heavy (non-hydrogen) atoms. The van der Waals surface area contributed by atoms with Gasteiger partial charge in [0.1, 0.15) is 12.4 Å². The molecule has 1 aliphatic heterocycles. The highest BCUT2D eigenvalue weighted by atomic mass is 16.5.